The highest BCUT2D eigenvalue weighted by molar-refractivity contribution is 6.03. The summed E-state index contributed by atoms with van der Waals surface area (Å²) in [5.74, 6) is -1.34. The minimum atomic E-state index is -4.41. The number of benzene rings is 3. The Labute approximate surface area is 226 Å². The number of carbonyl (C=O) groups is 2. The fourth-order valence-corrected chi connectivity index (χ4v) is 4.45. The van der Waals surface area contributed by atoms with E-state index >= 15 is 0 Å². The third-order valence-electron chi connectivity index (χ3n) is 6.41. The average molecular weight is 549 g/mol. The first-order valence-electron chi connectivity index (χ1n) is 12.4. The van der Waals surface area contributed by atoms with Crippen molar-refractivity contribution in [3.63, 3.8) is 0 Å². The molecule has 5 rings (SSSR count). The lowest BCUT2D eigenvalue weighted by Crippen LogP contribution is -2.27. The number of ether oxygens (including phenoxy) is 1. The van der Waals surface area contributed by atoms with Crippen molar-refractivity contribution in [3.8, 4) is 16.9 Å². The van der Waals surface area contributed by atoms with Crippen molar-refractivity contribution in [3.05, 3.63) is 90.3 Å². The van der Waals surface area contributed by atoms with Crippen LogP contribution in [-0.2, 0) is 9.59 Å². The topological polar surface area (TPSA) is 105 Å². The van der Waals surface area contributed by atoms with Gasteiger partial charge in [-0.15, -0.1) is 0 Å². The Morgan fingerprint density at radius 3 is 2.15 bits per heavy atom. The molecule has 4 aromatic rings. The summed E-state index contributed by atoms with van der Waals surface area (Å²) in [6.07, 6.45) is -1.30. The molecule has 1 aliphatic heterocycles. The molecule has 0 fully saturated rings. The van der Waals surface area contributed by atoms with Crippen LogP contribution in [0.4, 0.5) is 13.2 Å². The van der Waals surface area contributed by atoms with Crippen molar-refractivity contribution in [2.45, 2.75) is 31.5 Å². The van der Waals surface area contributed by atoms with Gasteiger partial charge in [-0.2, -0.15) is 18.3 Å². The molecule has 3 aromatic carbocycles. The summed E-state index contributed by atoms with van der Waals surface area (Å²) in [5.41, 5.74) is 5.27. The van der Waals surface area contributed by atoms with E-state index in [4.69, 9.17) is 9.84 Å². The van der Waals surface area contributed by atoms with Crippen molar-refractivity contribution in [1.82, 2.24) is 15.0 Å². The maximum absolute atomic E-state index is 13.0. The fraction of sp³-hybridized carbons (Fsp3) is 0.207. The molecule has 204 valence electrons. The zero-order valence-electron chi connectivity index (χ0n) is 21.0. The fourth-order valence-electron chi connectivity index (χ4n) is 4.45. The maximum Gasteiger partial charge on any atom is 0.422 e. The second kappa shape index (κ2) is 11.1. The number of hydrazone groups is 1. The molecule has 1 atom stereocenters. The minimum absolute atomic E-state index is 0.122. The summed E-state index contributed by atoms with van der Waals surface area (Å²) in [4.78, 5) is 32.7. The first-order valence-corrected chi connectivity index (χ1v) is 12.4. The highest BCUT2D eigenvalue weighted by Gasteiger charge is 2.33. The third kappa shape index (κ3) is 6.25. The van der Waals surface area contributed by atoms with E-state index in [2.05, 4.69) is 15.1 Å². The van der Waals surface area contributed by atoms with Crippen molar-refractivity contribution < 1.29 is 32.6 Å². The summed E-state index contributed by atoms with van der Waals surface area (Å²) in [7, 11) is 0. The molecule has 0 spiro atoms. The van der Waals surface area contributed by atoms with E-state index in [-0.39, 0.29) is 18.6 Å². The SMILES string of the molecule is O=C(O)CCC(=O)N1N=C(c2ccc(-c3ccc(OCC(F)(F)F)cc3)cc2)CC1c1ccc2nccnc2c1. The Kier molecular flexibility index (Phi) is 7.45. The number of fused-ring (bicyclic) bond motifs is 1. The van der Waals surface area contributed by atoms with Crippen LogP contribution in [0.2, 0.25) is 0 Å². The summed E-state index contributed by atoms with van der Waals surface area (Å²) in [6.45, 7) is -1.35. The van der Waals surface area contributed by atoms with Crippen LogP contribution in [0.5, 0.6) is 5.75 Å². The first kappa shape index (κ1) is 26.8. The summed E-state index contributed by atoms with van der Waals surface area (Å²) in [6, 6.07) is 18.9. The number of aromatic nitrogens is 2. The molecule has 40 heavy (non-hydrogen) atoms. The zero-order chi connectivity index (χ0) is 28.3. The molecule has 0 saturated carbocycles. The molecular formula is C29H23F3N4O4. The van der Waals surface area contributed by atoms with Crippen molar-refractivity contribution in [2.75, 3.05) is 6.61 Å². The molecule has 1 N–H and O–H groups in total. The van der Waals surface area contributed by atoms with Gasteiger partial charge >= 0.3 is 12.1 Å². The van der Waals surface area contributed by atoms with Gasteiger partial charge in [-0.3, -0.25) is 19.6 Å². The van der Waals surface area contributed by atoms with Gasteiger partial charge in [0.25, 0.3) is 0 Å². The number of carboxylic acid groups (broad SMARTS) is 1. The lowest BCUT2D eigenvalue weighted by Gasteiger charge is -2.22. The first-order chi connectivity index (χ1) is 19.2. The van der Waals surface area contributed by atoms with Crippen molar-refractivity contribution in [2.24, 2.45) is 5.10 Å². The smallest absolute Gasteiger partial charge is 0.422 e. The van der Waals surface area contributed by atoms with Crippen LogP contribution >= 0.6 is 0 Å². The molecule has 1 aromatic heterocycles. The number of alkyl halides is 3. The van der Waals surface area contributed by atoms with Crippen LogP contribution in [0.15, 0.2) is 84.2 Å². The Morgan fingerprint density at radius 2 is 1.50 bits per heavy atom. The van der Waals surface area contributed by atoms with Gasteiger partial charge in [0.2, 0.25) is 5.91 Å². The number of nitrogens with zero attached hydrogens (tertiary/aromatic N) is 4. The molecule has 8 nitrogen and oxygen atoms in total. The number of carbonyl (C=O) groups excluding carboxylic acids is 1. The van der Waals surface area contributed by atoms with E-state index in [0.717, 1.165) is 22.3 Å². The van der Waals surface area contributed by atoms with Crippen LogP contribution in [-0.4, -0.2) is 50.5 Å². The molecule has 1 amide bonds. The normalized spacial score (nSPS) is 15.2. The molecule has 0 bridgehead atoms. The highest BCUT2D eigenvalue weighted by Crippen LogP contribution is 2.35. The van der Waals surface area contributed by atoms with Gasteiger partial charge in [-0.05, 0) is 46.5 Å². The van der Waals surface area contributed by atoms with Crippen LogP contribution in [0.1, 0.15) is 36.4 Å². The lowest BCUT2D eigenvalue weighted by molar-refractivity contribution is -0.153. The molecular weight excluding hydrogens is 525 g/mol. The van der Waals surface area contributed by atoms with Gasteiger partial charge in [0.1, 0.15) is 5.75 Å². The van der Waals surface area contributed by atoms with Crippen LogP contribution in [0, 0.1) is 0 Å². The number of rotatable bonds is 8. The maximum atomic E-state index is 13.0. The van der Waals surface area contributed by atoms with Gasteiger partial charge in [-0.25, -0.2) is 5.01 Å². The number of hydrogen-bond donors (Lipinski definition) is 1. The quantitative estimate of drug-likeness (QED) is 0.299. The number of amides is 1. The van der Waals surface area contributed by atoms with Crippen LogP contribution in [0.25, 0.3) is 22.2 Å². The summed E-state index contributed by atoms with van der Waals surface area (Å²) < 4.78 is 41.9. The zero-order valence-corrected chi connectivity index (χ0v) is 21.0. The van der Waals surface area contributed by atoms with E-state index in [0.29, 0.717) is 23.2 Å². The summed E-state index contributed by atoms with van der Waals surface area (Å²) in [5, 5.41) is 15.0. The molecule has 1 aliphatic rings. The van der Waals surface area contributed by atoms with E-state index in [1.807, 2.05) is 42.5 Å². The van der Waals surface area contributed by atoms with E-state index in [9.17, 15) is 22.8 Å². The van der Waals surface area contributed by atoms with Gasteiger partial charge in [-0.1, -0.05) is 42.5 Å². The van der Waals surface area contributed by atoms with E-state index < -0.39 is 30.7 Å². The Bertz CT molecular complexity index is 1570. The van der Waals surface area contributed by atoms with Crippen molar-refractivity contribution in [1.29, 1.82) is 0 Å². The van der Waals surface area contributed by atoms with E-state index in [1.54, 1.807) is 24.5 Å². The molecule has 0 saturated heterocycles. The number of halogens is 3. The van der Waals surface area contributed by atoms with Crippen LogP contribution < -0.4 is 4.74 Å². The monoisotopic (exact) mass is 548 g/mol. The van der Waals surface area contributed by atoms with Gasteiger partial charge in [0.05, 0.1) is 29.2 Å². The van der Waals surface area contributed by atoms with Crippen molar-refractivity contribution >= 4 is 28.6 Å². The highest BCUT2D eigenvalue weighted by atomic mass is 19.4. The average Bonchev–Trinajstić information content (AvgIpc) is 3.40. The Hall–Kier alpha value is -4.80. The van der Waals surface area contributed by atoms with Crippen LogP contribution in [0.3, 0.4) is 0 Å². The van der Waals surface area contributed by atoms with E-state index in [1.165, 1.54) is 17.1 Å². The number of carboxylic acids is 1. The molecule has 0 radical (unpaired) electrons. The predicted octanol–water partition coefficient (Wildman–Crippen LogP) is 5.78. The number of aliphatic carboxylic acids is 1. The number of hydrogen-bond acceptors (Lipinski definition) is 6. The Morgan fingerprint density at radius 1 is 0.875 bits per heavy atom. The lowest BCUT2D eigenvalue weighted by atomic mass is 9.96. The summed E-state index contributed by atoms with van der Waals surface area (Å²) >= 11 is 0. The minimum Gasteiger partial charge on any atom is -0.484 e. The van der Waals surface area contributed by atoms with Gasteiger partial charge in [0, 0.05) is 25.2 Å². The molecule has 1 unspecified atom stereocenters. The Balaban J connectivity index is 1.37. The standard InChI is InChI=1S/C29H23F3N4O4/c30-29(31,32)17-40-22-8-5-19(6-9-22)18-1-3-20(4-2-18)24-16-26(36(35-24)27(37)11-12-28(38)39)21-7-10-23-25(15-21)34-14-13-33-23/h1-10,13-15,26H,11-12,16-17H2,(H,38,39). The second-order valence-corrected chi connectivity index (χ2v) is 9.21. The molecule has 2 heterocycles. The largest absolute Gasteiger partial charge is 0.484 e. The predicted molar refractivity (Wildman–Crippen MR) is 141 cm³/mol. The third-order valence-corrected chi connectivity index (χ3v) is 6.41. The molecule has 11 heteroatoms. The van der Waals surface area contributed by atoms with Gasteiger partial charge < -0.3 is 9.84 Å². The second-order valence-electron chi connectivity index (χ2n) is 9.21. The molecule has 0 aliphatic carbocycles. The van der Waals surface area contributed by atoms with Gasteiger partial charge in [0.15, 0.2) is 6.61 Å².